The SMILES string of the molecule is Cc1ccc2c(/C=C3\Oc4c(cc(Cl)c(O)c4CN4CCNCC4)C3=O)c[nH]c2n1. The summed E-state index contributed by atoms with van der Waals surface area (Å²) in [5.41, 5.74) is 3.40. The standard InChI is InChI=1S/C22H21ClN4O3/c1-12-2-3-14-13(10-25-22(14)26-12)8-18-20(29)15-9-17(23)19(28)16(21(15)30-18)11-27-6-4-24-5-7-27/h2-3,8-10,24,28H,4-7,11H2,1H3,(H,25,26)/b18-8-. The fourth-order valence-electron chi connectivity index (χ4n) is 3.97. The predicted molar refractivity (Wildman–Crippen MR) is 115 cm³/mol. The lowest BCUT2D eigenvalue weighted by Crippen LogP contribution is -2.42. The zero-order valence-electron chi connectivity index (χ0n) is 16.5. The number of fused-ring (bicyclic) bond motifs is 2. The molecule has 1 fully saturated rings. The minimum absolute atomic E-state index is 0.0326. The summed E-state index contributed by atoms with van der Waals surface area (Å²) in [5, 5.41) is 15.0. The highest BCUT2D eigenvalue weighted by Crippen LogP contribution is 2.44. The van der Waals surface area contributed by atoms with Crippen LogP contribution in [0.5, 0.6) is 11.5 Å². The number of ether oxygens (including phenoxy) is 1. The number of carbonyl (C=O) groups is 1. The van der Waals surface area contributed by atoms with E-state index in [-0.39, 0.29) is 22.3 Å². The highest BCUT2D eigenvalue weighted by Gasteiger charge is 2.33. The summed E-state index contributed by atoms with van der Waals surface area (Å²) in [5.74, 6) is 0.313. The molecule has 0 amide bonds. The van der Waals surface area contributed by atoms with Gasteiger partial charge in [-0.3, -0.25) is 9.69 Å². The van der Waals surface area contributed by atoms with E-state index in [4.69, 9.17) is 16.3 Å². The largest absolute Gasteiger partial charge is 0.506 e. The van der Waals surface area contributed by atoms with Crippen molar-refractivity contribution < 1.29 is 14.6 Å². The normalized spacial score (nSPS) is 18.2. The molecule has 4 heterocycles. The van der Waals surface area contributed by atoms with Crippen LogP contribution in [0.15, 0.2) is 30.2 Å². The van der Waals surface area contributed by atoms with Crippen LogP contribution in [0.3, 0.4) is 0 Å². The van der Waals surface area contributed by atoms with Crippen molar-refractivity contribution in [2.24, 2.45) is 0 Å². The number of ketones is 1. The minimum atomic E-state index is -0.247. The van der Waals surface area contributed by atoms with Gasteiger partial charge in [-0.15, -0.1) is 0 Å². The number of carbonyl (C=O) groups excluding carboxylic acids is 1. The number of allylic oxidation sites excluding steroid dienone is 1. The quantitative estimate of drug-likeness (QED) is 0.559. The van der Waals surface area contributed by atoms with Crippen LogP contribution in [0.1, 0.15) is 27.2 Å². The van der Waals surface area contributed by atoms with Crippen LogP contribution in [0.4, 0.5) is 0 Å². The Morgan fingerprint density at radius 3 is 2.93 bits per heavy atom. The second-order valence-electron chi connectivity index (χ2n) is 7.62. The fourth-order valence-corrected chi connectivity index (χ4v) is 4.19. The van der Waals surface area contributed by atoms with Crippen molar-refractivity contribution in [1.82, 2.24) is 20.2 Å². The van der Waals surface area contributed by atoms with Crippen LogP contribution in [-0.4, -0.2) is 51.9 Å². The van der Waals surface area contributed by atoms with Gasteiger partial charge in [0.15, 0.2) is 5.76 Å². The monoisotopic (exact) mass is 424 g/mol. The van der Waals surface area contributed by atoms with Gasteiger partial charge in [-0.1, -0.05) is 11.6 Å². The summed E-state index contributed by atoms with van der Waals surface area (Å²) in [6.07, 6.45) is 3.51. The van der Waals surface area contributed by atoms with E-state index in [1.54, 1.807) is 12.3 Å². The van der Waals surface area contributed by atoms with Crippen LogP contribution < -0.4 is 10.1 Å². The van der Waals surface area contributed by atoms with Gasteiger partial charge < -0.3 is 20.1 Å². The number of hydrogen-bond donors (Lipinski definition) is 3. The molecule has 0 unspecified atom stereocenters. The number of piperazine rings is 1. The molecule has 1 saturated heterocycles. The van der Waals surface area contributed by atoms with Gasteiger partial charge in [0.1, 0.15) is 17.1 Å². The number of phenolic OH excluding ortho intramolecular Hbond substituents is 1. The molecule has 0 aliphatic carbocycles. The molecule has 7 nitrogen and oxygen atoms in total. The fraction of sp³-hybridized carbons (Fsp3) is 0.273. The maximum Gasteiger partial charge on any atom is 0.232 e. The first-order valence-electron chi connectivity index (χ1n) is 9.87. The van der Waals surface area contributed by atoms with Gasteiger partial charge in [-0.2, -0.15) is 0 Å². The zero-order valence-corrected chi connectivity index (χ0v) is 17.2. The summed E-state index contributed by atoms with van der Waals surface area (Å²) in [6, 6.07) is 5.37. The van der Waals surface area contributed by atoms with Gasteiger partial charge in [0.25, 0.3) is 0 Å². The van der Waals surface area contributed by atoms with E-state index >= 15 is 0 Å². The summed E-state index contributed by atoms with van der Waals surface area (Å²) in [4.78, 5) is 22.8. The molecule has 2 aromatic heterocycles. The van der Waals surface area contributed by atoms with Crippen LogP contribution in [0.2, 0.25) is 5.02 Å². The third-order valence-electron chi connectivity index (χ3n) is 5.57. The number of Topliss-reactive ketones (excluding diaryl/α,β-unsaturated/α-hetero) is 1. The van der Waals surface area contributed by atoms with Crippen LogP contribution in [0, 0.1) is 6.92 Å². The number of aromatic hydroxyl groups is 1. The number of rotatable bonds is 3. The van der Waals surface area contributed by atoms with Gasteiger partial charge in [-0.05, 0) is 31.2 Å². The van der Waals surface area contributed by atoms with E-state index < -0.39 is 0 Å². The van der Waals surface area contributed by atoms with Crippen molar-refractivity contribution in [1.29, 1.82) is 0 Å². The average Bonchev–Trinajstić information content (AvgIpc) is 3.27. The van der Waals surface area contributed by atoms with Gasteiger partial charge in [-0.25, -0.2) is 4.98 Å². The Morgan fingerprint density at radius 1 is 1.33 bits per heavy atom. The Labute approximate surface area is 178 Å². The molecule has 3 N–H and O–H groups in total. The van der Waals surface area contributed by atoms with Crippen LogP contribution >= 0.6 is 11.6 Å². The van der Waals surface area contributed by atoms with E-state index in [9.17, 15) is 9.90 Å². The van der Waals surface area contributed by atoms with E-state index in [1.807, 2.05) is 19.1 Å². The van der Waals surface area contributed by atoms with Crippen LogP contribution in [0.25, 0.3) is 17.1 Å². The van der Waals surface area contributed by atoms with E-state index in [0.717, 1.165) is 48.5 Å². The number of nitrogens with zero attached hydrogens (tertiary/aromatic N) is 2. The molecule has 0 bridgehead atoms. The minimum Gasteiger partial charge on any atom is -0.506 e. The van der Waals surface area contributed by atoms with Gasteiger partial charge in [0.05, 0.1) is 16.1 Å². The maximum absolute atomic E-state index is 13.0. The first-order chi connectivity index (χ1) is 14.5. The topological polar surface area (TPSA) is 90.5 Å². The number of hydrogen-bond acceptors (Lipinski definition) is 6. The lowest BCUT2D eigenvalue weighted by atomic mass is 10.0. The molecule has 2 aliphatic heterocycles. The highest BCUT2D eigenvalue weighted by atomic mass is 35.5. The van der Waals surface area contributed by atoms with Crippen molar-refractivity contribution >= 4 is 34.5 Å². The smallest absolute Gasteiger partial charge is 0.232 e. The second-order valence-corrected chi connectivity index (χ2v) is 8.03. The number of phenols is 1. The Hall–Kier alpha value is -2.87. The molecule has 8 heteroatoms. The molecule has 3 aromatic rings. The Bertz CT molecular complexity index is 1190. The molecule has 0 atom stereocenters. The third-order valence-corrected chi connectivity index (χ3v) is 5.86. The molecule has 2 aliphatic rings. The number of H-pyrrole nitrogens is 1. The average molecular weight is 425 g/mol. The molecule has 5 rings (SSSR count). The third kappa shape index (κ3) is 3.25. The highest BCUT2D eigenvalue weighted by molar-refractivity contribution is 6.33. The molecule has 0 saturated carbocycles. The maximum atomic E-state index is 13.0. The van der Waals surface area contributed by atoms with Crippen molar-refractivity contribution in [3.05, 3.63) is 57.6 Å². The molecular formula is C22H21ClN4O3. The van der Waals surface area contributed by atoms with E-state index in [2.05, 4.69) is 20.2 Å². The number of aryl methyl sites for hydroxylation is 1. The summed E-state index contributed by atoms with van der Waals surface area (Å²) in [6.45, 7) is 5.84. The Morgan fingerprint density at radius 2 is 2.13 bits per heavy atom. The first-order valence-corrected chi connectivity index (χ1v) is 10.3. The number of aromatic nitrogens is 2. The molecule has 0 radical (unpaired) electrons. The van der Waals surface area contributed by atoms with Crippen molar-refractivity contribution in [3.63, 3.8) is 0 Å². The molecule has 30 heavy (non-hydrogen) atoms. The number of aromatic amines is 1. The molecular weight excluding hydrogens is 404 g/mol. The van der Waals surface area contributed by atoms with Crippen LogP contribution in [-0.2, 0) is 6.54 Å². The van der Waals surface area contributed by atoms with Crippen molar-refractivity contribution in [2.45, 2.75) is 13.5 Å². The van der Waals surface area contributed by atoms with E-state index in [1.165, 1.54) is 6.07 Å². The number of benzene rings is 1. The van der Waals surface area contributed by atoms with E-state index in [0.29, 0.717) is 23.4 Å². The first kappa shape index (κ1) is 19.1. The lowest BCUT2D eigenvalue weighted by molar-refractivity contribution is 0.101. The number of halogens is 1. The lowest BCUT2D eigenvalue weighted by Gasteiger charge is -2.28. The van der Waals surface area contributed by atoms with Gasteiger partial charge >= 0.3 is 0 Å². The summed E-state index contributed by atoms with van der Waals surface area (Å²) >= 11 is 6.24. The Balaban J connectivity index is 1.53. The predicted octanol–water partition coefficient (Wildman–Crippen LogP) is 3.25. The van der Waals surface area contributed by atoms with Gasteiger partial charge in [0, 0.05) is 55.6 Å². The molecule has 0 spiro atoms. The second kappa shape index (κ2) is 7.43. The summed E-state index contributed by atoms with van der Waals surface area (Å²) < 4.78 is 5.99. The summed E-state index contributed by atoms with van der Waals surface area (Å²) in [7, 11) is 0. The van der Waals surface area contributed by atoms with Crippen molar-refractivity contribution in [2.75, 3.05) is 26.2 Å². The Kier molecular flexibility index (Phi) is 4.73. The molecule has 154 valence electrons. The zero-order chi connectivity index (χ0) is 20.8. The number of pyridine rings is 1. The molecule has 1 aromatic carbocycles. The number of nitrogens with one attached hydrogen (secondary N) is 2. The van der Waals surface area contributed by atoms with Crippen molar-refractivity contribution in [3.8, 4) is 11.5 Å². The van der Waals surface area contributed by atoms with Gasteiger partial charge in [0.2, 0.25) is 5.78 Å².